The number of nitrogens with two attached hydrogens (primary N) is 1. The van der Waals surface area contributed by atoms with Crippen molar-refractivity contribution in [2.75, 3.05) is 11.1 Å². The lowest BCUT2D eigenvalue weighted by Crippen LogP contribution is -2.13. The summed E-state index contributed by atoms with van der Waals surface area (Å²) in [6, 6.07) is 10.2. The van der Waals surface area contributed by atoms with Crippen molar-refractivity contribution in [3.63, 3.8) is 0 Å². The van der Waals surface area contributed by atoms with Crippen molar-refractivity contribution >= 4 is 44.2 Å². The van der Waals surface area contributed by atoms with Crippen LogP contribution >= 0.6 is 15.9 Å². The zero-order valence-corrected chi connectivity index (χ0v) is 12.3. The van der Waals surface area contributed by atoms with Crippen LogP contribution in [0.2, 0.25) is 0 Å². The summed E-state index contributed by atoms with van der Waals surface area (Å²) in [5.41, 5.74) is 8.20. The Morgan fingerprint density at radius 3 is 2.62 bits per heavy atom. The van der Waals surface area contributed by atoms with Crippen LogP contribution in [0.15, 0.2) is 45.7 Å². The first-order valence-electron chi connectivity index (χ1n) is 6.11. The molecule has 0 atom stereocenters. The largest absolute Gasteiger partial charge is 0.398 e. The number of carbonyl (C=O) groups is 1. The predicted octanol–water partition coefficient (Wildman–Crippen LogP) is 2.45. The van der Waals surface area contributed by atoms with Crippen molar-refractivity contribution < 1.29 is 4.79 Å². The highest BCUT2D eigenvalue weighted by molar-refractivity contribution is 9.10. The first-order valence-corrected chi connectivity index (χ1v) is 6.90. The number of aromatic nitrogens is 2. The van der Waals surface area contributed by atoms with Gasteiger partial charge in [-0.1, -0.05) is 15.9 Å². The van der Waals surface area contributed by atoms with E-state index in [4.69, 9.17) is 5.73 Å². The predicted molar refractivity (Wildman–Crippen MR) is 85.4 cm³/mol. The second-order valence-electron chi connectivity index (χ2n) is 4.53. The maximum atomic E-state index is 12.2. The highest BCUT2D eigenvalue weighted by Gasteiger charge is 2.10. The van der Waals surface area contributed by atoms with Gasteiger partial charge < -0.3 is 21.0 Å². The van der Waals surface area contributed by atoms with E-state index in [1.807, 2.05) is 0 Å². The van der Waals surface area contributed by atoms with Gasteiger partial charge in [0.15, 0.2) is 0 Å². The smallest absolute Gasteiger partial charge is 0.323 e. The Kier molecular flexibility index (Phi) is 3.26. The quantitative estimate of drug-likeness (QED) is 0.535. The Morgan fingerprint density at radius 2 is 1.86 bits per heavy atom. The van der Waals surface area contributed by atoms with Crippen LogP contribution in [0.1, 0.15) is 10.4 Å². The van der Waals surface area contributed by atoms with Gasteiger partial charge in [-0.2, -0.15) is 0 Å². The molecule has 2 aromatic carbocycles. The molecule has 0 fully saturated rings. The number of hydrogen-bond acceptors (Lipinski definition) is 3. The fraction of sp³-hybridized carbons (Fsp3) is 0. The topological polar surface area (TPSA) is 104 Å². The van der Waals surface area contributed by atoms with Gasteiger partial charge in [0.05, 0.1) is 16.6 Å². The van der Waals surface area contributed by atoms with E-state index in [9.17, 15) is 9.59 Å². The minimum absolute atomic E-state index is 0.286. The van der Waals surface area contributed by atoms with Crippen LogP contribution in [-0.2, 0) is 0 Å². The Bertz CT molecular complexity index is 897. The van der Waals surface area contributed by atoms with E-state index in [0.717, 1.165) is 4.47 Å². The van der Waals surface area contributed by atoms with Gasteiger partial charge in [0, 0.05) is 15.8 Å². The molecule has 7 heteroatoms. The number of amides is 1. The first kappa shape index (κ1) is 13.4. The lowest BCUT2D eigenvalue weighted by atomic mass is 10.1. The van der Waals surface area contributed by atoms with Gasteiger partial charge in [0.2, 0.25) is 0 Å². The third-order valence-electron chi connectivity index (χ3n) is 3.03. The van der Waals surface area contributed by atoms with Gasteiger partial charge in [-0.3, -0.25) is 4.79 Å². The van der Waals surface area contributed by atoms with E-state index in [1.165, 1.54) is 0 Å². The zero-order valence-electron chi connectivity index (χ0n) is 10.7. The maximum absolute atomic E-state index is 12.2. The molecule has 0 spiro atoms. The molecule has 21 heavy (non-hydrogen) atoms. The molecule has 3 rings (SSSR count). The van der Waals surface area contributed by atoms with E-state index < -0.39 is 0 Å². The van der Waals surface area contributed by atoms with Crippen LogP contribution in [-0.4, -0.2) is 15.9 Å². The van der Waals surface area contributed by atoms with Gasteiger partial charge in [-0.05, 0) is 36.4 Å². The van der Waals surface area contributed by atoms with E-state index in [0.29, 0.717) is 28.0 Å². The Morgan fingerprint density at radius 1 is 1.10 bits per heavy atom. The third kappa shape index (κ3) is 2.68. The average molecular weight is 347 g/mol. The van der Waals surface area contributed by atoms with Crippen molar-refractivity contribution in [3.05, 3.63) is 56.9 Å². The van der Waals surface area contributed by atoms with Crippen LogP contribution in [0.3, 0.4) is 0 Å². The number of nitrogens with one attached hydrogen (secondary N) is 3. The monoisotopic (exact) mass is 346 g/mol. The van der Waals surface area contributed by atoms with E-state index >= 15 is 0 Å². The molecular formula is C14H11BrN4O2. The number of nitrogen functional groups attached to an aromatic ring is 1. The Balaban J connectivity index is 1.90. The minimum Gasteiger partial charge on any atom is -0.398 e. The number of imidazole rings is 1. The molecule has 1 amide bonds. The number of carbonyl (C=O) groups excluding carboxylic acids is 1. The lowest BCUT2D eigenvalue weighted by Gasteiger charge is -2.08. The molecule has 106 valence electrons. The number of fused-ring (bicyclic) bond motifs is 1. The SMILES string of the molecule is Nc1cc(Br)ccc1C(=O)Nc1ccc2[nH]c(=O)[nH]c2c1. The van der Waals surface area contributed by atoms with Crippen molar-refractivity contribution in [1.82, 2.24) is 9.97 Å². The number of halogens is 1. The van der Waals surface area contributed by atoms with Crippen LogP contribution in [0.25, 0.3) is 11.0 Å². The van der Waals surface area contributed by atoms with Crippen molar-refractivity contribution in [1.29, 1.82) is 0 Å². The van der Waals surface area contributed by atoms with Gasteiger partial charge >= 0.3 is 5.69 Å². The molecule has 0 aliphatic heterocycles. The molecule has 1 aromatic heterocycles. The number of H-pyrrole nitrogens is 2. The molecule has 5 N–H and O–H groups in total. The number of hydrogen-bond donors (Lipinski definition) is 4. The van der Waals surface area contributed by atoms with Gasteiger partial charge in [0.1, 0.15) is 0 Å². The van der Waals surface area contributed by atoms with Crippen LogP contribution in [0.5, 0.6) is 0 Å². The maximum Gasteiger partial charge on any atom is 0.323 e. The summed E-state index contributed by atoms with van der Waals surface area (Å²) in [5.74, 6) is -0.308. The summed E-state index contributed by atoms with van der Waals surface area (Å²) in [6.45, 7) is 0. The summed E-state index contributed by atoms with van der Waals surface area (Å²) < 4.78 is 0.808. The standard InChI is InChI=1S/C14H11BrN4O2/c15-7-1-3-9(10(16)5-7)13(20)17-8-2-4-11-12(6-8)19-14(21)18-11/h1-6H,16H2,(H,17,20)(H2,18,19,21). The highest BCUT2D eigenvalue weighted by Crippen LogP contribution is 2.21. The molecule has 1 heterocycles. The summed E-state index contributed by atoms with van der Waals surface area (Å²) in [5, 5.41) is 2.75. The second kappa shape index (κ2) is 5.10. The summed E-state index contributed by atoms with van der Waals surface area (Å²) >= 11 is 3.29. The van der Waals surface area contributed by atoms with Crippen molar-refractivity contribution in [2.24, 2.45) is 0 Å². The lowest BCUT2D eigenvalue weighted by molar-refractivity contribution is 0.102. The van der Waals surface area contributed by atoms with Gasteiger partial charge in [0.25, 0.3) is 5.91 Å². The summed E-state index contributed by atoms with van der Waals surface area (Å²) in [7, 11) is 0. The normalized spacial score (nSPS) is 10.7. The summed E-state index contributed by atoms with van der Waals surface area (Å²) in [4.78, 5) is 28.7. The molecule has 0 aliphatic carbocycles. The van der Waals surface area contributed by atoms with Crippen LogP contribution in [0.4, 0.5) is 11.4 Å². The van der Waals surface area contributed by atoms with E-state index in [1.54, 1.807) is 36.4 Å². The molecule has 0 saturated carbocycles. The van der Waals surface area contributed by atoms with Gasteiger partial charge in [-0.15, -0.1) is 0 Å². The number of rotatable bonds is 2. The molecule has 0 aliphatic rings. The van der Waals surface area contributed by atoms with E-state index in [2.05, 4.69) is 31.2 Å². The van der Waals surface area contributed by atoms with E-state index in [-0.39, 0.29) is 11.6 Å². The number of aromatic amines is 2. The molecule has 3 aromatic rings. The first-order chi connectivity index (χ1) is 10.0. The fourth-order valence-electron chi connectivity index (χ4n) is 2.05. The van der Waals surface area contributed by atoms with Crippen LogP contribution < -0.4 is 16.7 Å². The highest BCUT2D eigenvalue weighted by atomic mass is 79.9. The zero-order chi connectivity index (χ0) is 15.0. The second-order valence-corrected chi connectivity index (χ2v) is 5.44. The minimum atomic E-state index is -0.308. The summed E-state index contributed by atoms with van der Waals surface area (Å²) in [6.07, 6.45) is 0. The molecule has 0 radical (unpaired) electrons. The Hall–Kier alpha value is -2.54. The number of benzene rings is 2. The average Bonchev–Trinajstić information content (AvgIpc) is 2.77. The Labute approximate surface area is 127 Å². The van der Waals surface area contributed by atoms with Crippen molar-refractivity contribution in [2.45, 2.75) is 0 Å². The van der Waals surface area contributed by atoms with Crippen molar-refractivity contribution in [3.8, 4) is 0 Å². The van der Waals surface area contributed by atoms with Crippen LogP contribution in [0, 0.1) is 0 Å². The molecule has 6 nitrogen and oxygen atoms in total. The molecular weight excluding hydrogens is 336 g/mol. The third-order valence-corrected chi connectivity index (χ3v) is 3.53. The number of anilines is 2. The molecule has 0 bridgehead atoms. The molecule has 0 saturated heterocycles. The molecule has 0 unspecified atom stereocenters. The fourth-order valence-corrected chi connectivity index (χ4v) is 2.43. The van der Waals surface area contributed by atoms with Gasteiger partial charge in [-0.25, -0.2) is 4.79 Å².